The Bertz CT molecular complexity index is 527. The maximum atomic E-state index is 5.72. The summed E-state index contributed by atoms with van der Waals surface area (Å²) in [6, 6.07) is 12.7. The van der Waals surface area contributed by atoms with E-state index in [1.807, 2.05) is 0 Å². The topological polar surface area (TPSA) is 9.23 Å². The zero-order chi connectivity index (χ0) is 11.8. The molecule has 1 heterocycles. The summed E-state index contributed by atoms with van der Waals surface area (Å²) in [5.41, 5.74) is 5.02. The lowest BCUT2D eigenvalue weighted by atomic mass is 9.97. The third-order valence-corrected chi connectivity index (χ3v) is 3.93. The molecule has 0 aromatic heterocycles. The van der Waals surface area contributed by atoms with Gasteiger partial charge in [0, 0.05) is 8.95 Å². The molecule has 1 aliphatic heterocycles. The van der Waals surface area contributed by atoms with E-state index in [0.29, 0.717) is 13.2 Å². The molecule has 2 aromatic carbocycles. The van der Waals surface area contributed by atoms with Crippen LogP contribution in [0.3, 0.4) is 0 Å². The average molecular weight is 354 g/mol. The van der Waals surface area contributed by atoms with E-state index in [2.05, 4.69) is 68.3 Å². The first-order valence-corrected chi connectivity index (χ1v) is 6.97. The highest BCUT2D eigenvalue weighted by Crippen LogP contribution is 2.34. The lowest BCUT2D eigenvalue weighted by Gasteiger charge is -2.08. The predicted molar refractivity (Wildman–Crippen MR) is 75.8 cm³/mol. The van der Waals surface area contributed by atoms with E-state index in [1.165, 1.54) is 22.3 Å². The smallest absolute Gasteiger partial charge is 0.0727 e. The summed E-state index contributed by atoms with van der Waals surface area (Å²) in [6.45, 7) is 1.34. The Hall–Kier alpha value is -0.640. The van der Waals surface area contributed by atoms with Crippen LogP contribution in [0, 0.1) is 0 Å². The van der Waals surface area contributed by atoms with Crippen LogP contribution in [-0.2, 0) is 18.0 Å². The maximum absolute atomic E-state index is 5.72. The van der Waals surface area contributed by atoms with Crippen molar-refractivity contribution >= 4 is 31.9 Å². The molecule has 0 aliphatic carbocycles. The van der Waals surface area contributed by atoms with E-state index in [0.717, 1.165) is 8.95 Å². The lowest BCUT2D eigenvalue weighted by Crippen LogP contribution is -1.90. The Morgan fingerprint density at radius 3 is 1.71 bits per heavy atom. The van der Waals surface area contributed by atoms with E-state index >= 15 is 0 Å². The summed E-state index contributed by atoms with van der Waals surface area (Å²) in [6.07, 6.45) is 0. The van der Waals surface area contributed by atoms with Gasteiger partial charge in [-0.15, -0.1) is 0 Å². The molecule has 0 atom stereocenters. The van der Waals surface area contributed by atoms with Crippen molar-refractivity contribution in [1.29, 1.82) is 0 Å². The Kier molecular flexibility index (Phi) is 3.07. The lowest BCUT2D eigenvalue weighted by molar-refractivity contribution is 0.109. The van der Waals surface area contributed by atoms with Gasteiger partial charge in [0.25, 0.3) is 0 Å². The van der Waals surface area contributed by atoms with Gasteiger partial charge in [0.1, 0.15) is 0 Å². The fourth-order valence-corrected chi connectivity index (χ4v) is 2.98. The molecule has 17 heavy (non-hydrogen) atoms. The van der Waals surface area contributed by atoms with E-state index < -0.39 is 0 Å². The monoisotopic (exact) mass is 352 g/mol. The molecule has 3 rings (SSSR count). The molecule has 0 amide bonds. The summed E-state index contributed by atoms with van der Waals surface area (Å²) >= 11 is 7.01. The van der Waals surface area contributed by atoms with Crippen LogP contribution in [0.4, 0.5) is 0 Å². The van der Waals surface area contributed by atoms with Gasteiger partial charge < -0.3 is 4.74 Å². The molecule has 1 nitrogen and oxygen atoms in total. The summed E-state index contributed by atoms with van der Waals surface area (Å²) < 4.78 is 7.91. The molecule has 0 fully saturated rings. The molecule has 0 saturated heterocycles. The van der Waals surface area contributed by atoms with E-state index in [-0.39, 0.29) is 0 Å². The van der Waals surface area contributed by atoms with Crippen molar-refractivity contribution < 1.29 is 4.74 Å². The van der Waals surface area contributed by atoms with Gasteiger partial charge in [0.2, 0.25) is 0 Å². The van der Waals surface area contributed by atoms with Gasteiger partial charge in [-0.3, -0.25) is 0 Å². The van der Waals surface area contributed by atoms with Crippen LogP contribution in [0.5, 0.6) is 0 Å². The minimum atomic E-state index is 0.668. The van der Waals surface area contributed by atoms with Gasteiger partial charge in [-0.05, 0) is 46.5 Å². The second kappa shape index (κ2) is 4.56. The molecule has 86 valence electrons. The fourth-order valence-electron chi connectivity index (χ4n) is 2.16. The largest absolute Gasteiger partial charge is 0.372 e. The van der Waals surface area contributed by atoms with Crippen LogP contribution < -0.4 is 0 Å². The minimum Gasteiger partial charge on any atom is -0.372 e. The Labute approximate surface area is 117 Å². The van der Waals surface area contributed by atoms with Crippen molar-refractivity contribution in [1.82, 2.24) is 0 Å². The second-order valence-corrected chi connectivity index (χ2v) is 5.93. The highest BCUT2D eigenvalue weighted by atomic mass is 79.9. The minimum absolute atomic E-state index is 0.668. The number of fused-ring (bicyclic) bond motifs is 3. The molecule has 2 aromatic rings. The van der Waals surface area contributed by atoms with Crippen molar-refractivity contribution in [2.45, 2.75) is 13.2 Å². The Morgan fingerprint density at radius 1 is 0.765 bits per heavy atom. The van der Waals surface area contributed by atoms with Crippen molar-refractivity contribution in [3.05, 3.63) is 56.5 Å². The third-order valence-electron chi connectivity index (χ3n) is 2.94. The zero-order valence-electron chi connectivity index (χ0n) is 9.04. The summed E-state index contributed by atoms with van der Waals surface area (Å²) in [4.78, 5) is 0. The molecule has 0 N–H and O–H groups in total. The normalized spacial score (nSPS) is 13.8. The number of rotatable bonds is 0. The van der Waals surface area contributed by atoms with Crippen molar-refractivity contribution in [3.63, 3.8) is 0 Å². The first kappa shape index (κ1) is 11.5. The van der Waals surface area contributed by atoms with Gasteiger partial charge in [-0.25, -0.2) is 0 Å². The first-order chi connectivity index (χ1) is 8.24. The van der Waals surface area contributed by atoms with E-state index in [4.69, 9.17) is 4.74 Å². The fraction of sp³-hybridized carbons (Fsp3) is 0.143. The van der Waals surface area contributed by atoms with Crippen LogP contribution in [0.15, 0.2) is 45.3 Å². The highest BCUT2D eigenvalue weighted by molar-refractivity contribution is 9.10. The SMILES string of the molecule is Brc1ccc2c(c1)COCc1cc(Br)ccc1-2. The molecule has 0 saturated carbocycles. The molecule has 0 spiro atoms. The van der Waals surface area contributed by atoms with Crippen LogP contribution in [0.25, 0.3) is 11.1 Å². The number of hydrogen-bond acceptors (Lipinski definition) is 1. The molecule has 0 bridgehead atoms. The van der Waals surface area contributed by atoms with Crippen molar-refractivity contribution in [2.75, 3.05) is 0 Å². The number of halogens is 2. The molecular formula is C14H10Br2O. The predicted octanol–water partition coefficient (Wildman–Crippen LogP) is 4.91. The van der Waals surface area contributed by atoms with Gasteiger partial charge in [-0.1, -0.05) is 44.0 Å². The van der Waals surface area contributed by atoms with Gasteiger partial charge in [0.05, 0.1) is 13.2 Å². The van der Waals surface area contributed by atoms with Crippen molar-refractivity contribution in [2.24, 2.45) is 0 Å². The summed E-state index contributed by atoms with van der Waals surface area (Å²) in [5, 5.41) is 0. The molecule has 0 radical (unpaired) electrons. The third kappa shape index (κ3) is 2.19. The van der Waals surface area contributed by atoms with Gasteiger partial charge in [0.15, 0.2) is 0 Å². The molecule has 1 aliphatic rings. The number of benzene rings is 2. The quantitative estimate of drug-likeness (QED) is 0.653. The zero-order valence-corrected chi connectivity index (χ0v) is 12.2. The summed E-state index contributed by atoms with van der Waals surface area (Å²) in [5.74, 6) is 0. The number of ether oxygens (including phenoxy) is 1. The number of hydrogen-bond donors (Lipinski definition) is 0. The molecule has 0 unspecified atom stereocenters. The summed E-state index contributed by atoms with van der Waals surface area (Å²) in [7, 11) is 0. The van der Waals surface area contributed by atoms with Crippen molar-refractivity contribution in [3.8, 4) is 11.1 Å². The Balaban J connectivity index is 2.24. The average Bonchev–Trinajstić information content (AvgIpc) is 2.47. The maximum Gasteiger partial charge on any atom is 0.0727 e. The Morgan fingerprint density at radius 2 is 1.24 bits per heavy atom. The van der Waals surface area contributed by atoms with Crippen LogP contribution in [0.1, 0.15) is 11.1 Å². The van der Waals surface area contributed by atoms with E-state index in [1.54, 1.807) is 0 Å². The van der Waals surface area contributed by atoms with E-state index in [9.17, 15) is 0 Å². The van der Waals surface area contributed by atoms with Crippen LogP contribution >= 0.6 is 31.9 Å². The molecule has 3 heteroatoms. The standard InChI is InChI=1S/C14H10Br2O/c15-11-1-3-13-9(5-11)7-17-8-10-6-12(16)2-4-14(10)13/h1-6H,7-8H2. The second-order valence-electron chi connectivity index (χ2n) is 4.10. The highest BCUT2D eigenvalue weighted by Gasteiger charge is 2.14. The van der Waals surface area contributed by atoms with Crippen LogP contribution in [0.2, 0.25) is 0 Å². The first-order valence-electron chi connectivity index (χ1n) is 5.39. The molecular weight excluding hydrogens is 344 g/mol. The van der Waals surface area contributed by atoms with Gasteiger partial charge >= 0.3 is 0 Å². The van der Waals surface area contributed by atoms with Crippen LogP contribution in [-0.4, -0.2) is 0 Å². The van der Waals surface area contributed by atoms with Gasteiger partial charge in [-0.2, -0.15) is 0 Å².